The number of aryl methyl sites for hydroxylation is 1. The number of aromatic nitrogens is 1. The topological polar surface area (TPSA) is 51.2 Å². The van der Waals surface area contributed by atoms with E-state index in [1.165, 1.54) is 0 Å². The number of hydrogen-bond acceptors (Lipinski definition) is 5. The van der Waals surface area contributed by atoms with Crippen LogP contribution in [0, 0.1) is 6.92 Å². The standard InChI is InChI=1S/C22H22N2O2S2/c1-15-23-20(14-27-15)16-6-4-7-17(12-16)24-22(25)19-9-2-3-10-21(19)28-13-18-8-5-11-26-18/h2-4,6-7,9-10,12,14,18H,5,8,11,13H2,1H3,(H,24,25)/t18-/m1/s1. The zero-order chi connectivity index (χ0) is 19.3. The van der Waals surface area contributed by atoms with Crippen LogP contribution in [0.5, 0.6) is 0 Å². The van der Waals surface area contributed by atoms with Gasteiger partial charge in [0.15, 0.2) is 0 Å². The number of carbonyl (C=O) groups is 1. The fourth-order valence-corrected chi connectivity index (χ4v) is 4.93. The number of nitrogens with one attached hydrogen (secondary N) is 1. The molecule has 0 spiro atoms. The van der Waals surface area contributed by atoms with E-state index in [2.05, 4.69) is 10.3 Å². The number of hydrogen-bond donors (Lipinski definition) is 1. The third-order valence-electron chi connectivity index (χ3n) is 4.62. The van der Waals surface area contributed by atoms with Crippen molar-refractivity contribution in [2.24, 2.45) is 0 Å². The van der Waals surface area contributed by atoms with Crippen LogP contribution >= 0.6 is 23.1 Å². The molecule has 3 aromatic rings. The molecule has 1 amide bonds. The van der Waals surface area contributed by atoms with Gasteiger partial charge in [-0.05, 0) is 44.0 Å². The maximum Gasteiger partial charge on any atom is 0.256 e. The molecule has 4 rings (SSSR count). The Bertz CT molecular complexity index is 964. The van der Waals surface area contributed by atoms with Gasteiger partial charge in [0.2, 0.25) is 0 Å². The fourth-order valence-electron chi connectivity index (χ4n) is 3.19. The number of benzene rings is 2. The summed E-state index contributed by atoms with van der Waals surface area (Å²) < 4.78 is 5.70. The second kappa shape index (κ2) is 8.90. The van der Waals surface area contributed by atoms with Crippen molar-refractivity contribution in [2.75, 3.05) is 17.7 Å². The van der Waals surface area contributed by atoms with Gasteiger partial charge in [0, 0.05) is 33.9 Å². The minimum absolute atomic E-state index is 0.0953. The third kappa shape index (κ3) is 4.63. The molecule has 1 atom stereocenters. The normalized spacial score (nSPS) is 16.2. The zero-order valence-electron chi connectivity index (χ0n) is 15.7. The first-order chi connectivity index (χ1) is 13.7. The summed E-state index contributed by atoms with van der Waals surface area (Å²) in [7, 11) is 0. The summed E-state index contributed by atoms with van der Waals surface area (Å²) in [5.41, 5.74) is 3.40. The van der Waals surface area contributed by atoms with Crippen molar-refractivity contribution < 1.29 is 9.53 Å². The van der Waals surface area contributed by atoms with Crippen LogP contribution in [0.3, 0.4) is 0 Å². The predicted octanol–water partition coefficient (Wildman–Crippen LogP) is 5.64. The van der Waals surface area contributed by atoms with Crippen LogP contribution < -0.4 is 5.32 Å². The molecule has 1 fully saturated rings. The Morgan fingerprint density at radius 1 is 1.29 bits per heavy atom. The summed E-state index contributed by atoms with van der Waals surface area (Å²) in [5.74, 6) is 0.783. The molecule has 0 bridgehead atoms. The molecule has 4 nitrogen and oxygen atoms in total. The molecule has 2 aromatic carbocycles. The number of thioether (sulfide) groups is 1. The number of anilines is 1. The molecular formula is C22H22N2O2S2. The van der Waals surface area contributed by atoms with Crippen molar-refractivity contribution in [2.45, 2.75) is 30.8 Å². The monoisotopic (exact) mass is 410 g/mol. The highest BCUT2D eigenvalue weighted by Gasteiger charge is 2.18. The average molecular weight is 411 g/mol. The Kier molecular flexibility index (Phi) is 6.10. The molecular weight excluding hydrogens is 388 g/mol. The summed E-state index contributed by atoms with van der Waals surface area (Å²) in [5, 5.41) is 6.10. The SMILES string of the molecule is Cc1nc(-c2cccc(NC(=O)c3ccccc3SC[C@H]3CCCO3)c2)cs1. The quantitative estimate of drug-likeness (QED) is 0.534. The smallest absolute Gasteiger partial charge is 0.256 e. The molecule has 0 aliphatic carbocycles. The van der Waals surface area contributed by atoms with E-state index in [9.17, 15) is 4.79 Å². The second-order valence-electron chi connectivity index (χ2n) is 6.73. The van der Waals surface area contributed by atoms with Crippen LogP contribution in [0.15, 0.2) is 58.8 Å². The van der Waals surface area contributed by atoms with Crippen molar-refractivity contribution in [3.63, 3.8) is 0 Å². The first kappa shape index (κ1) is 19.2. The van der Waals surface area contributed by atoms with E-state index in [4.69, 9.17) is 4.74 Å². The lowest BCUT2D eigenvalue weighted by Gasteiger charge is -2.13. The Labute approximate surface area is 173 Å². The molecule has 0 saturated carbocycles. The summed E-state index contributed by atoms with van der Waals surface area (Å²) in [4.78, 5) is 18.4. The first-order valence-corrected chi connectivity index (χ1v) is 11.2. The van der Waals surface area contributed by atoms with Gasteiger partial charge in [0.1, 0.15) is 0 Å². The average Bonchev–Trinajstić information content (AvgIpc) is 3.38. The molecule has 0 unspecified atom stereocenters. The van der Waals surface area contributed by atoms with Gasteiger partial charge in [0.25, 0.3) is 5.91 Å². The summed E-state index contributed by atoms with van der Waals surface area (Å²) >= 11 is 3.31. The molecule has 6 heteroatoms. The maximum absolute atomic E-state index is 12.9. The number of nitrogens with zero attached hydrogens (tertiary/aromatic N) is 1. The predicted molar refractivity (Wildman–Crippen MR) is 116 cm³/mol. The fraction of sp³-hybridized carbons (Fsp3) is 0.273. The van der Waals surface area contributed by atoms with Gasteiger partial charge >= 0.3 is 0 Å². The minimum Gasteiger partial charge on any atom is -0.377 e. The van der Waals surface area contributed by atoms with E-state index in [-0.39, 0.29) is 5.91 Å². The molecule has 2 heterocycles. The van der Waals surface area contributed by atoms with Crippen LogP contribution in [0.1, 0.15) is 28.2 Å². The highest BCUT2D eigenvalue weighted by Crippen LogP contribution is 2.28. The van der Waals surface area contributed by atoms with Crippen molar-refractivity contribution in [1.82, 2.24) is 4.98 Å². The maximum atomic E-state index is 12.9. The highest BCUT2D eigenvalue weighted by atomic mass is 32.2. The third-order valence-corrected chi connectivity index (χ3v) is 6.59. The number of thiazole rings is 1. The second-order valence-corrected chi connectivity index (χ2v) is 8.85. The van der Waals surface area contributed by atoms with Crippen molar-refractivity contribution in [3.05, 3.63) is 64.5 Å². The summed E-state index contributed by atoms with van der Waals surface area (Å²) in [6.07, 6.45) is 2.52. The van der Waals surface area contributed by atoms with E-state index >= 15 is 0 Å². The molecule has 1 saturated heterocycles. The van der Waals surface area contributed by atoms with Gasteiger partial charge in [-0.3, -0.25) is 4.79 Å². The largest absolute Gasteiger partial charge is 0.377 e. The van der Waals surface area contributed by atoms with Crippen LogP contribution in [0.4, 0.5) is 5.69 Å². The van der Waals surface area contributed by atoms with Gasteiger partial charge in [-0.1, -0.05) is 24.3 Å². The van der Waals surface area contributed by atoms with Gasteiger partial charge in [-0.25, -0.2) is 4.98 Å². The molecule has 0 radical (unpaired) electrons. The zero-order valence-corrected chi connectivity index (χ0v) is 17.3. The minimum atomic E-state index is -0.0953. The Hall–Kier alpha value is -2.15. The summed E-state index contributed by atoms with van der Waals surface area (Å²) in [6.45, 7) is 2.84. The number of ether oxygens (including phenoxy) is 1. The Morgan fingerprint density at radius 3 is 2.96 bits per heavy atom. The van der Waals surface area contributed by atoms with E-state index in [0.29, 0.717) is 11.7 Å². The van der Waals surface area contributed by atoms with Crippen molar-refractivity contribution in [3.8, 4) is 11.3 Å². The Balaban J connectivity index is 1.48. The van der Waals surface area contributed by atoms with Crippen molar-refractivity contribution in [1.29, 1.82) is 0 Å². The van der Waals surface area contributed by atoms with E-state index in [1.807, 2.05) is 60.8 Å². The van der Waals surface area contributed by atoms with Crippen LogP contribution in [0.2, 0.25) is 0 Å². The molecule has 1 aromatic heterocycles. The lowest BCUT2D eigenvalue weighted by Crippen LogP contribution is -2.14. The number of carbonyl (C=O) groups excluding carboxylic acids is 1. The molecule has 1 aliphatic rings. The van der Waals surface area contributed by atoms with Crippen LogP contribution in [-0.2, 0) is 4.74 Å². The first-order valence-electron chi connectivity index (χ1n) is 9.36. The molecule has 1 N–H and O–H groups in total. The molecule has 1 aliphatic heterocycles. The molecule has 144 valence electrons. The highest BCUT2D eigenvalue weighted by molar-refractivity contribution is 7.99. The Morgan fingerprint density at radius 2 is 2.18 bits per heavy atom. The lowest BCUT2D eigenvalue weighted by molar-refractivity contribution is 0.102. The van der Waals surface area contributed by atoms with Crippen LogP contribution in [-0.4, -0.2) is 29.4 Å². The van der Waals surface area contributed by atoms with E-state index in [0.717, 1.165) is 52.0 Å². The summed E-state index contributed by atoms with van der Waals surface area (Å²) in [6, 6.07) is 15.6. The van der Waals surface area contributed by atoms with E-state index in [1.54, 1.807) is 23.1 Å². The van der Waals surface area contributed by atoms with Crippen molar-refractivity contribution >= 4 is 34.7 Å². The van der Waals surface area contributed by atoms with Gasteiger partial charge in [0.05, 0.1) is 22.4 Å². The van der Waals surface area contributed by atoms with Gasteiger partial charge in [-0.15, -0.1) is 23.1 Å². The number of rotatable bonds is 6. The number of amides is 1. The lowest BCUT2D eigenvalue weighted by atomic mass is 10.1. The van der Waals surface area contributed by atoms with E-state index < -0.39 is 0 Å². The van der Waals surface area contributed by atoms with Crippen LogP contribution in [0.25, 0.3) is 11.3 Å². The van der Waals surface area contributed by atoms with Gasteiger partial charge < -0.3 is 10.1 Å². The van der Waals surface area contributed by atoms with Gasteiger partial charge in [-0.2, -0.15) is 0 Å². The molecule has 28 heavy (non-hydrogen) atoms.